The highest BCUT2D eigenvalue weighted by atomic mass is 31.3. The van der Waals surface area contributed by atoms with E-state index in [9.17, 15) is 38.6 Å². The van der Waals surface area contributed by atoms with Crippen LogP contribution in [0.2, 0.25) is 0 Å². The Balaban J connectivity index is 1.71. The van der Waals surface area contributed by atoms with Crippen LogP contribution in [0.4, 0.5) is 5.82 Å². The number of phosphoric acid groups is 3. The Hall–Kier alpha value is -1.62. The van der Waals surface area contributed by atoms with E-state index in [-0.39, 0.29) is 5.65 Å². The van der Waals surface area contributed by atoms with Gasteiger partial charge in [0.2, 0.25) is 0 Å². The maximum Gasteiger partial charge on any atom is 0.482 e. The predicted molar refractivity (Wildman–Crippen MR) is 112 cm³/mol. The zero-order valence-corrected chi connectivity index (χ0v) is 21.2. The molecule has 0 spiro atoms. The van der Waals surface area contributed by atoms with Gasteiger partial charge in [0.05, 0.1) is 20.8 Å². The van der Waals surface area contributed by atoms with Gasteiger partial charge in [-0.05, 0) is 13.8 Å². The third-order valence-electron chi connectivity index (χ3n) is 4.55. The van der Waals surface area contributed by atoms with Gasteiger partial charge in [0.1, 0.15) is 24.6 Å². The van der Waals surface area contributed by atoms with Crippen LogP contribution in [-0.4, -0.2) is 66.1 Å². The highest BCUT2D eigenvalue weighted by Gasteiger charge is 2.45. The van der Waals surface area contributed by atoms with E-state index >= 15 is 0 Å². The van der Waals surface area contributed by atoms with E-state index in [1.54, 1.807) is 0 Å². The number of rotatable bonds is 11. The lowest BCUT2D eigenvalue weighted by Crippen LogP contribution is -2.34. The summed E-state index contributed by atoms with van der Waals surface area (Å²) in [5.41, 5.74) is 1.59. The molecule has 202 valence electrons. The minimum Gasteiger partial charge on any atom is -0.789 e. The van der Waals surface area contributed by atoms with Crippen molar-refractivity contribution in [1.82, 2.24) is 19.5 Å². The second kappa shape index (κ2) is 11.0. The zero-order chi connectivity index (χ0) is 26.9. The molecule has 0 aliphatic carbocycles. The highest BCUT2D eigenvalue weighted by Crippen LogP contribution is 2.63. The molecule has 3 rings (SSSR count). The van der Waals surface area contributed by atoms with Crippen LogP contribution in [0.15, 0.2) is 24.3 Å². The van der Waals surface area contributed by atoms with Gasteiger partial charge in [-0.15, -0.1) is 0 Å². The van der Waals surface area contributed by atoms with Crippen molar-refractivity contribution in [3.05, 3.63) is 24.3 Å². The van der Waals surface area contributed by atoms with Gasteiger partial charge < -0.3 is 48.9 Å². The lowest BCUT2D eigenvalue weighted by Gasteiger charge is -2.32. The van der Waals surface area contributed by atoms with Crippen LogP contribution in [0.5, 0.6) is 0 Å². The first-order valence-electron chi connectivity index (χ1n) is 9.88. The number of hydrogen-bond acceptors (Lipinski definition) is 16. The van der Waals surface area contributed by atoms with E-state index in [4.69, 9.17) is 9.63 Å². The SMILES string of the molecule is CC(C)=CCNc1ncnc2c1ncn2[C@@H]1O[C@H](COP(=O)([O-])OP(=O)(O)OP(=O)([O-])[O-])[C@@H](O)[C@H]1O. The minimum atomic E-state index is -6.08. The fourth-order valence-corrected chi connectivity index (χ4v) is 6.00. The smallest absolute Gasteiger partial charge is 0.482 e. The van der Waals surface area contributed by atoms with Gasteiger partial charge in [-0.25, -0.2) is 23.8 Å². The van der Waals surface area contributed by atoms with E-state index in [0.29, 0.717) is 17.9 Å². The third-order valence-corrected chi connectivity index (χ3v) is 8.27. The molecule has 18 nitrogen and oxygen atoms in total. The van der Waals surface area contributed by atoms with Crippen LogP contribution in [-0.2, 0) is 31.6 Å². The van der Waals surface area contributed by atoms with Crippen molar-refractivity contribution >= 4 is 40.4 Å². The first-order valence-corrected chi connectivity index (χ1v) is 14.3. The fourth-order valence-electron chi connectivity index (χ4n) is 3.07. The second-order valence-electron chi connectivity index (χ2n) is 7.58. The van der Waals surface area contributed by atoms with Crippen molar-refractivity contribution in [2.24, 2.45) is 0 Å². The van der Waals surface area contributed by atoms with Gasteiger partial charge >= 0.3 is 7.82 Å². The summed E-state index contributed by atoms with van der Waals surface area (Å²) in [4.78, 5) is 54.1. The first-order chi connectivity index (χ1) is 16.6. The van der Waals surface area contributed by atoms with Gasteiger partial charge in [-0.3, -0.25) is 13.4 Å². The molecule has 2 aromatic rings. The number of phosphoric ester groups is 1. The molecule has 36 heavy (non-hydrogen) atoms. The number of nitrogens with zero attached hydrogens (tertiary/aromatic N) is 4. The monoisotopic (exact) mass is 572 g/mol. The molecular weight excluding hydrogens is 551 g/mol. The van der Waals surface area contributed by atoms with E-state index in [0.717, 1.165) is 5.57 Å². The number of anilines is 1. The van der Waals surface area contributed by atoms with Gasteiger partial charge in [0.15, 0.2) is 23.2 Å². The minimum absolute atomic E-state index is 0.207. The maximum atomic E-state index is 11.8. The van der Waals surface area contributed by atoms with E-state index < -0.39 is 54.6 Å². The average molecular weight is 572 g/mol. The Bertz CT molecular complexity index is 1260. The lowest BCUT2D eigenvalue weighted by atomic mass is 10.1. The first kappa shape index (κ1) is 28.9. The molecule has 21 heteroatoms. The molecule has 0 saturated carbocycles. The Kier molecular flexibility index (Phi) is 8.85. The number of ether oxygens (including phenoxy) is 1. The number of aromatic nitrogens is 4. The number of imidazole rings is 1. The normalized spacial score (nSPS) is 25.9. The Morgan fingerprint density at radius 2 is 1.86 bits per heavy atom. The summed E-state index contributed by atoms with van der Waals surface area (Å²) in [6.07, 6.45) is -1.78. The lowest BCUT2D eigenvalue weighted by molar-refractivity contribution is -0.334. The number of fused-ring (bicyclic) bond motifs is 1. The average Bonchev–Trinajstić information content (AvgIpc) is 3.26. The second-order valence-corrected chi connectivity index (χ2v) is 11.9. The summed E-state index contributed by atoms with van der Waals surface area (Å²) in [5, 5.41) is 23.8. The van der Waals surface area contributed by atoms with Gasteiger partial charge in [0.25, 0.3) is 7.82 Å². The molecule has 3 heterocycles. The number of aliphatic hydroxyl groups excluding tert-OH is 2. The number of hydrogen-bond donors (Lipinski definition) is 4. The largest absolute Gasteiger partial charge is 0.789 e. The van der Waals surface area contributed by atoms with E-state index in [1.807, 2.05) is 19.9 Å². The van der Waals surface area contributed by atoms with Crippen LogP contribution >= 0.6 is 23.5 Å². The predicted octanol–water partition coefficient (Wildman–Crippen LogP) is -1.73. The van der Waals surface area contributed by atoms with Crippen LogP contribution in [0.1, 0.15) is 20.1 Å². The highest BCUT2D eigenvalue weighted by molar-refractivity contribution is 7.65. The Morgan fingerprint density at radius 3 is 2.50 bits per heavy atom. The number of aliphatic hydroxyl groups is 2. The summed E-state index contributed by atoms with van der Waals surface area (Å²) in [7, 11) is -17.7. The number of allylic oxidation sites excluding steroid dienone is 1. The summed E-state index contributed by atoms with van der Waals surface area (Å²) in [6, 6.07) is 0. The molecule has 0 radical (unpaired) electrons. The number of nitrogens with one attached hydrogen (secondary N) is 1. The zero-order valence-electron chi connectivity index (χ0n) is 18.5. The molecular formula is C15H21N5O13P3-3. The summed E-state index contributed by atoms with van der Waals surface area (Å²) < 4.78 is 51.4. The van der Waals surface area contributed by atoms with E-state index in [1.165, 1.54) is 17.2 Å². The van der Waals surface area contributed by atoms with Crippen molar-refractivity contribution in [3.8, 4) is 0 Å². The summed E-state index contributed by atoms with van der Waals surface area (Å²) in [6.45, 7) is 3.24. The molecule has 0 bridgehead atoms. The topological polar surface area (TPSA) is 274 Å². The Morgan fingerprint density at radius 1 is 1.17 bits per heavy atom. The molecule has 2 unspecified atom stereocenters. The molecule has 4 N–H and O–H groups in total. The van der Waals surface area contributed by atoms with E-state index in [2.05, 4.69) is 33.4 Å². The molecule has 1 aliphatic heterocycles. The van der Waals surface area contributed by atoms with Gasteiger partial charge in [-0.2, -0.15) is 0 Å². The van der Waals surface area contributed by atoms with Crippen LogP contribution in [0.25, 0.3) is 11.2 Å². The van der Waals surface area contributed by atoms with Crippen molar-refractivity contribution in [2.75, 3.05) is 18.5 Å². The van der Waals surface area contributed by atoms with Crippen molar-refractivity contribution in [3.63, 3.8) is 0 Å². The molecule has 1 saturated heterocycles. The van der Waals surface area contributed by atoms with Crippen LogP contribution in [0.3, 0.4) is 0 Å². The molecule has 1 aliphatic rings. The van der Waals surface area contributed by atoms with Gasteiger partial charge in [0, 0.05) is 6.54 Å². The van der Waals surface area contributed by atoms with Crippen molar-refractivity contribution in [1.29, 1.82) is 0 Å². The summed E-state index contributed by atoms with van der Waals surface area (Å²) >= 11 is 0. The van der Waals surface area contributed by atoms with Crippen molar-refractivity contribution in [2.45, 2.75) is 38.4 Å². The third kappa shape index (κ3) is 7.46. The van der Waals surface area contributed by atoms with Gasteiger partial charge in [-0.1, -0.05) is 11.6 Å². The molecule has 0 amide bonds. The van der Waals surface area contributed by atoms with Crippen LogP contribution < -0.4 is 20.0 Å². The molecule has 6 atom stereocenters. The van der Waals surface area contributed by atoms with Crippen molar-refractivity contribution < 1.29 is 61.4 Å². The standard InChI is InChI=1S/C15H24N5O13P3/c1-8(2)3-4-16-13-10-14(18-6-17-13)20(7-19-10)15-12(22)11(21)9(31-15)5-30-35(26,27)33-36(28,29)32-34(23,24)25/h3,6-7,9,11-12,15,21-22H,4-5H2,1-2H3,(H,26,27)(H,28,29)(H,16,17,18)(H2,23,24,25)/p-3/t9-,11-,12-,15-/m1/s1. The maximum absolute atomic E-state index is 11.8. The molecule has 1 fully saturated rings. The quantitative estimate of drug-likeness (QED) is 0.172. The van der Waals surface area contributed by atoms with Crippen LogP contribution in [0, 0.1) is 0 Å². The molecule has 0 aromatic carbocycles. The molecule has 2 aromatic heterocycles. The fraction of sp³-hybridized carbons (Fsp3) is 0.533. The summed E-state index contributed by atoms with van der Waals surface area (Å²) in [5.74, 6) is 0.380. The Labute approximate surface area is 203 Å².